The Morgan fingerprint density at radius 2 is 1.94 bits per heavy atom. The minimum atomic E-state index is -0.0653. The molecular weight excluding hydrogens is 234 g/mol. The van der Waals surface area contributed by atoms with Gasteiger partial charge in [0.1, 0.15) is 12.1 Å². The van der Waals surface area contributed by atoms with E-state index in [2.05, 4.69) is 43.0 Å². The highest BCUT2D eigenvalue weighted by atomic mass is 35.5. The molecule has 0 atom stereocenters. The van der Waals surface area contributed by atoms with Crippen molar-refractivity contribution in [2.24, 2.45) is 0 Å². The molecule has 0 aliphatic carbocycles. The lowest BCUT2D eigenvalue weighted by Crippen LogP contribution is -2.39. The van der Waals surface area contributed by atoms with E-state index in [0.29, 0.717) is 11.8 Å². The first-order valence-electron chi connectivity index (χ1n) is 6.23. The van der Waals surface area contributed by atoms with E-state index in [4.69, 9.17) is 11.6 Å². The van der Waals surface area contributed by atoms with Crippen LogP contribution in [0.15, 0.2) is 12.4 Å². The van der Waals surface area contributed by atoms with E-state index < -0.39 is 0 Å². The van der Waals surface area contributed by atoms with Crippen molar-refractivity contribution >= 4 is 17.4 Å². The van der Waals surface area contributed by atoms with Gasteiger partial charge in [0.15, 0.2) is 0 Å². The smallest absolute Gasteiger partial charge is 0.130 e. The lowest BCUT2D eigenvalue weighted by Gasteiger charge is -2.31. The van der Waals surface area contributed by atoms with Gasteiger partial charge in [-0.1, -0.05) is 27.7 Å². The lowest BCUT2D eigenvalue weighted by molar-refractivity contribution is 0.482. The molecule has 0 amide bonds. The van der Waals surface area contributed by atoms with Gasteiger partial charge < -0.3 is 5.32 Å². The summed E-state index contributed by atoms with van der Waals surface area (Å²) < 4.78 is 0. The average Bonchev–Trinajstić information content (AvgIpc) is 2.36. The molecule has 0 aromatic carbocycles. The number of hydrogen-bond acceptors (Lipinski definition) is 3. The maximum atomic E-state index is 6.07. The van der Waals surface area contributed by atoms with E-state index in [0.717, 1.165) is 24.4 Å². The van der Waals surface area contributed by atoms with E-state index >= 15 is 0 Å². The molecular formula is C13H22ClN3. The topological polar surface area (TPSA) is 37.8 Å². The minimum Gasteiger partial charge on any atom is -0.363 e. The standard InChI is InChI=1S/C13H22ClN3/c1-5-13(6-2,8-14)17-12-7-11(10(3)4)15-9-16-12/h7,9-10H,5-6,8H2,1-4H3,(H,15,16,17). The first kappa shape index (κ1) is 14.2. The Morgan fingerprint density at radius 3 is 2.41 bits per heavy atom. The molecule has 0 aliphatic rings. The highest BCUT2D eigenvalue weighted by molar-refractivity contribution is 6.18. The van der Waals surface area contributed by atoms with Crippen molar-refractivity contribution in [1.29, 1.82) is 0 Å². The molecule has 1 aromatic heterocycles. The highest BCUT2D eigenvalue weighted by Gasteiger charge is 2.25. The second-order valence-corrected chi connectivity index (χ2v) is 5.00. The van der Waals surface area contributed by atoms with Gasteiger partial charge in [-0.05, 0) is 18.8 Å². The molecule has 3 nitrogen and oxygen atoms in total. The SMILES string of the molecule is CCC(CC)(CCl)Nc1cc(C(C)C)ncn1. The van der Waals surface area contributed by atoms with E-state index in [-0.39, 0.29) is 5.54 Å². The fourth-order valence-corrected chi connectivity index (χ4v) is 2.12. The molecule has 0 saturated carbocycles. The quantitative estimate of drug-likeness (QED) is 0.786. The molecule has 1 rings (SSSR count). The molecule has 1 heterocycles. The van der Waals surface area contributed by atoms with Crippen LogP contribution in [-0.2, 0) is 0 Å². The fourth-order valence-electron chi connectivity index (χ4n) is 1.68. The predicted molar refractivity (Wildman–Crippen MR) is 73.8 cm³/mol. The summed E-state index contributed by atoms with van der Waals surface area (Å²) >= 11 is 6.07. The molecule has 4 heteroatoms. The molecule has 0 radical (unpaired) electrons. The molecule has 0 saturated heterocycles. The van der Waals surface area contributed by atoms with Crippen molar-refractivity contribution in [1.82, 2.24) is 9.97 Å². The first-order chi connectivity index (χ1) is 8.06. The Hall–Kier alpha value is -0.830. The van der Waals surface area contributed by atoms with Crippen molar-refractivity contribution < 1.29 is 0 Å². The molecule has 1 N–H and O–H groups in total. The summed E-state index contributed by atoms with van der Waals surface area (Å²) in [6.07, 6.45) is 3.57. The van der Waals surface area contributed by atoms with Gasteiger partial charge in [-0.15, -0.1) is 11.6 Å². The van der Waals surface area contributed by atoms with Crippen molar-refractivity contribution in [3.8, 4) is 0 Å². The van der Waals surface area contributed by atoms with Gasteiger partial charge >= 0.3 is 0 Å². The molecule has 0 bridgehead atoms. The van der Waals surface area contributed by atoms with Crippen LogP contribution in [-0.4, -0.2) is 21.4 Å². The van der Waals surface area contributed by atoms with Crippen molar-refractivity contribution in [3.63, 3.8) is 0 Å². The van der Waals surface area contributed by atoms with Crippen LogP contribution in [0.25, 0.3) is 0 Å². The number of rotatable bonds is 6. The van der Waals surface area contributed by atoms with Gasteiger partial charge in [0.05, 0.1) is 5.54 Å². The van der Waals surface area contributed by atoms with E-state index in [1.165, 1.54) is 0 Å². The van der Waals surface area contributed by atoms with Crippen LogP contribution in [0.5, 0.6) is 0 Å². The number of aromatic nitrogens is 2. The molecule has 96 valence electrons. The highest BCUT2D eigenvalue weighted by Crippen LogP contribution is 2.23. The number of alkyl halides is 1. The van der Waals surface area contributed by atoms with Gasteiger partial charge in [0.2, 0.25) is 0 Å². The number of nitrogens with zero attached hydrogens (tertiary/aromatic N) is 2. The Balaban J connectivity index is 2.90. The van der Waals surface area contributed by atoms with E-state index in [1.54, 1.807) is 6.33 Å². The molecule has 0 aliphatic heterocycles. The minimum absolute atomic E-state index is 0.0653. The summed E-state index contributed by atoms with van der Waals surface area (Å²) in [5.74, 6) is 1.86. The number of nitrogens with one attached hydrogen (secondary N) is 1. The van der Waals surface area contributed by atoms with Gasteiger partial charge in [-0.25, -0.2) is 9.97 Å². The number of hydrogen-bond donors (Lipinski definition) is 1. The van der Waals surface area contributed by atoms with E-state index in [9.17, 15) is 0 Å². The summed E-state index contributed by atoms with van der Waals surface area (Å²) in [7, 11) is 0. The normalized spacial score (nSPS) is 11.9. The Labute approximate surface area is 109 Å². The Morgan fingerprint density at radius 1 is 1.29 bits per heavy atom. The zero-order valence-electron chi connectivity index (χ0n) is 11.1. The average molecular weight is 256 g/mol. The fraction of sp³-hybridized carbons (Fsp3) is 0.692. The van der Waals surface area contributed by atoms with Gasteiger partial charge in [-0.3, -0.25) is 0 Å². The summed E-state index contributed by atoms with van der Waals surface area (Å²) in [4.78, 5) is 8.53. The zero-order valence-corrected chi connectivity index (χ0v) is 11.9. The third-order valence-corrected chi connectivity index (χ3v) is 3.79. The van der Waals surface area contributed by atoms with Crippen LogP contribution in [0.1, 0.15) is 52.1 Å². The molecule has 1 aromatic rings. The molecule has 0 spiro atoms. The largest absolute Gasteiger partial charge is 0.363 e. The van der Waals surface area contributed by atoms with Gasteiger partial charge in [0, 0.05) is 17.6 Å². The molecule has 17 heavy (non-hydrogen) atoms. The van der Waals surface area contributed by atoms with Crippen molar-refractivity contribution in [2.75, 3.05) is 11.2 Å². The number of anilines is 1. The van der Waals surface area contributed by atoms with E-state index in [1.807, 2.05) is 6.07 Å². The van der Waals surface area contributed by atoms with Gasteiger partial charge in [0.25, 0.3) is 0 Å². The Bertz CT molecular complexity index is 340. The maximum Gasteiger partial charge on any atom is 0.130 e. The Kier molecular flexibility index (Phi) is 5.19. The lowest BCUT2D eigenvalue weighted by atomic mass is 9.95. The summed E-state index contributed by atoms with van der Waals surface area (Å²) in [6, 6.07) is 2.01. The molecule has 0 unspecified atom stereocenters. The summed E-state index contributed by atoms with van der Waals surface area (Å²) in [5, 5.41) is 3.45. The number of halogens is 1. The third-order valence-electron chi connectivity index (χ3n) is 3.28. The predicted octanol–water partition coefficient (Wildman–Crippen LogP) is 3.81. The van der Waals surface area contributed by atoms with Crippen LogP contribution >= 0.6 is 11.6 Å². The second kappa shape index (κ2) is 6.20. The summed E-state index contributed by atoms with van der Waals surface area (Å²) in [6.45, 7) is 8.54. The van der Waals surface area contributed by atoms with Crippen LogP contribution in [0.2, 0.25) is 0 Å². The second-order valence-electron chi connectivity index (χ2n) is 4.73. The maximum absolute atomic E-state index is 6.07. The van der Waals surface area contributed by atoms with Crippen LogP contribution in [0, 0.1) is 0 Å². The molecule has 0 fully saturated rings. The van der Waals surface area contributed by atoms with Gasteiger partial charge in [-0.2, -0.15) is 0 Å². The van der Waals surface area contributed by atoms with Crippen LogP contribution in [0.4, 0.5) is 5.82 Å². The monoisotopic (exact) mass is 255 g/mol. The van der Waals surface area contributed by atoms with Crippen molar-refractivity contribution in [2.45, 2.75) is 52.0 Å². The van der Waals surface area contributed by atoms with Crippen molar-refractivity contribution in [3.05, 3.63) is 18.1 Å². The third kappa shape index (κ3) is 3.56. The van der Waals surface area contributed by atoms with Crippen LogP contribution in [0.3, 0.4) is 0 Å². The zero-order chi connectivity index (χ0) is 12.9. The van der Waals surface area contributed by atoms with Crippen LogP contribution < -0.4 is 5.32 Å². The summed E-state index contributed by atoms with van der Waals surface area (Å²) in [5.41, 5.74) is 0.989. The first-order valence-corrected chi connectivity index (χ1v) is 6.76.